The third-order valence-electron chi connectivity index (χ3n) is 1.61. The fourth-order valence-corrected chi connectivity index (χ4v) is 1.04. The smallest absolute Gasteiger partial charge is 0.354 e. The molecular formula is C7H3N2O6-. The van der Waals surface area contributed by atoms with Crippen LogP contribution in [-0.2, 0) is 0 Å². The minimum absolute atomic E-state index is 0.811. The average molecular weight is 211 g/mol. The van der Waals surface area contributed by atoms with Crippen LogP contribution in [0, 0.1) is 20.2 Å². The van der Waals surface area contributed by atoms with E-state index in [0.717, 1.165) is 18.2 Å². The normalized spacial score (nSPS) is 9.60. The number of hydrogen-bond acceptors (Lipinski definition) is 6. The molecule has 0 saturated carbocycles. The molecule has 0 aliphatic carbocycles. The number of carboxylic acids is 1. The summed E-state index contributed by atoms with van der Waals surface area (Å²) >= 11 is 0. The van der Waals surface area contributed by atoms with Crippen molar-refractivity contribution >= 4 is 17.3 Å². The van der Waals surface area contributed by atoms with Crippen LogP contribution in [0.4, 0.5) is 11.4 Å². The highest BCUT2D eigenvalue weighted by Crippen LogP contribution is 2.29. The molecule has 0 aliphatic rings. The molecule has 0 saturated heterocycles. The molecule has 0 heterocycles. The zero-order valence-corrected chi connectivity index (χ0v) is 7.08. The van der Waals surface area contributed by atoms with E-state index < -0.39 is 32.8 Å². The quantitative estimate of drug-likeness (QED) is 0.505. The number of benzene rings is 1. The molecule has 0 spiro atoms. The van der Waals surface area contributed by atoms with Crippen LogP contribution in [0.3, 0.4) is 0 Å². The van der Waals surface area contributed by atoms with Crippen LogP contribution < -0.4 is 5.11 Å². The maximum absolute atomic E-state index is 10.5. The summed E-state index contributed by atoms with van der Waals surface area (Å²) in [5.41, 5.74) is -2.75. The van der Waals surface area contributed by atoms with Crippen LogP contribution in [0.15, 0.2) is 18.2 Å². The second-order valence-corrected chi connectivity index (χ2v) is 2.47. The first-order valence-electron chi connectivity index (χ1n) is 3.58. The molecule has 1 rings (SSSR count). The van der Waals surface area contributed by atoms with Gasteiger partial charge in [0.2, 0.25) is 0 Å². The highest BCUT2D eigenvalue weighted by molar-refractivity contribution is 5.92. The van der Waals surface area contributed by atoms with Crippen molar-refractivity contribution in [1.82, 2.24) is 0 Å². The lowest BCUT2D eigenvalue weighted by molar-refractivity contribution is -0.423. The van der Waals surface area contributed by atoms with Gasteiger partial charge in [-0.15, -0.1) is 0 Å². The predicted octanol–water partition coefficient (Wildman–Crippen LogP) is -0.134. The zero-order valence-electron chi connectivity index (χ0n) is 7.08. The summed E-state index contributed by atoms with van der Waals surface area (Å²) < 4.78 is 0. The molecule has 0 fully saturated rings. The highest BCUT2D eigenvalue weighted by atomic mass is 16.6. The maximum atomic E-state index is 10.5. The molecule has 1 aromatic rings. The summed E-state index contributed by atoms with van der Waals surface area (Å²) in [6.45, 7) is 0. The Morgan fingerprint density at radius 3 is 2.13 bits per heavy atom. The first-order chi connectivity index (χ1) is 6.95. The van der Waals surface area contributed by atoms with Gasteiger partial charge in [-0.05, 0) is 6.07 Å². The summed E-state index contributed by atoms with van der Waals surface area (Å²) in [5, 5.41) is 31.3. The Bertz CT molecular complexity index is 423. The zero-order chi connectivity index (χ0) is 11.6. The van der Waals surface area contributed by atoms with Gasteiger partial charge in [0.15, 0.2) is 0 Å². The van der Waals surface area contributed by atoms with Gasteiger partial charge in [-0.1, -0.05) is 6.07 Å². The third kappa shape index (κ3) is 1.88. The molecule has 8 nitrogen and oxygen atoms in total. The number of hydrogen-bond donors (Lipinski definition) is 0. The number of aromatic carboxylic acids is 1. The van der Waals surface area contributed by atoms with E-state index in [1.807, 2.05) is 0 Å². The molecule has 0 aliphatic heterocycles. The number of nitro groups is 2. The molecule has 78 valence electrons. The van der Waals surface area contributed by atoms with E-state index in [4.69, 9.17) is 0 Å². The average Bonchev–Trinajstić information content (AvgIpc) is 2.16. The lowest BCUT2D eigenvalue weighted by Crippen LogP contribution is -2.23. The SMILES string of the molecule is O=C([O-])c1cccc([N+](=O)[O-])c1[N+](=O)[O-]. The molecule has 0 aromatic heterocycles. The van der Waals surface area contributed by atoms with Crippen molar-refractivity contribution in [3.63, 3.8) is 0 Å². The van der Waals surface area contributed by atoms with Crippen molar-refractivity contribution in [3.05, 3.63) is 44.0 Å². The second kappa shape index (κ2) is 3.70. The summed E-state index contributed by atoms with van der Waals surface area (Å²) in [4.78, 5) is 29.2. The Labute approximate surface area is 82.1 Å². The molecule has 8 heteroatoms. The molecule has 0 radical (unpaired) electrons. The summed E-state index contributed by atoms with van der Waals surface area (Å²) in [6, 6.07) is 2.77. The number of rotatable bonds is 3. The molecule has 0 bridgehead atoms. The highest BCUT2D eigenvalue weighted by Gasteiger charge is 2.28. The number of para-hydroxylation sites is 1. The Morgan fingerprint density at radius 1 is 1.13 bits per heavy atom. The topological polar surface area (TPSA) is 126 Å². The number of carbonyl (C=O) groups is 1. The Hall–Kier alpha value is -2.51. The van der Waals surface area contributed by atoms with Crippen LogP contribution in [0.2, 0.25) is 0 Å². The van der Waals surface area contributed by atoms with Gasteiger partial charge in [0.1, 0.15) is 0 Å². The second-order valence-electron chi connectivity index (χ2n) is 2.47. The first-order valence-corrected chi connectivity index (χ1v) is 3.58. The van der Waals surface area contributed by atoms with Crippen LogP contribution in [0.1, 0.15) is 10.4 Å². The fraction of sp³-hybridized carbons (Fsp3) is 0. The van der Waals surface area contributed by atoms with Gasteiger partial charge in [-0.25, -0.2) is 0 Å². The minimum atomic E-state index is -1.83. The molecule has 15 heavy (non-hydrogen) atoms. The predicted molar refractivity (Wildman–Crippen MR) is 44.1 cm³/mol. The Balaban J connectivity index is 3.56. The van der Waals surface area contributed by atoms with Gasteiger partial charge in [-0.2, -0.15) is 0 Å². The van der Waals surface area contributed by atoms with Gasteiger partial charge in [0.25, 0.3) is 0 Å². The summed E-state index contributed by atoms with van der Waals surface area (Å²) in [5.74, 6) is -1.83. The van der Waals surface area contributed by atoms with Crippen LogP contribution >= 0.6 is 0 Å². The minimum Gasteiger partial charge on any atom is -0.545 e. The van der Waals surface area contributed by atoms with E-state index >= 15 is 0 Å². The molecule has 0 unspecified atom stereocenters. The van der Waals surface area contributed by atoms with E-state index in [-0.39, 0.29) is 0 Å². The standard InChI is InChI=1S/C7H4N2O6/c10-7(11)4-2-1-3-5(8(12)13)6(4)9(14)15/h1-3H,(H,10,11)/p-1. The lowest BCUT2D eigenvalue weighted by Gasteiger charge is -2.02. The van der Waals surface area contributed by atoms with E-state index in [1.165, 1.54) is 0 Å². The van der Waals surface area contributed by atoms with Gasteiger partial charge in [0, 0.05) is 6.07 Å². The van der Waals surface area contributed by atoms with E-state index in [1.54, 1.807) is 0 Å². The molecule has 0 amide bonds. The molecular weight excluding hydrogens is 208 g/mol. The van der Waals surface area contributed by atoms with Crippen molar-refractivity contribution in [1.29, 1.82) is 0 Å². The van der Waals surface area contributed by atoms with Crippen LogP contribution in [0.5, 0.6) is 0 Å². The monoisotopic (exact) mass is 211 g/mol. The summed E-state index contributed by atoms with van der Waals surface area (Å²) in [7, 11) is 0. The molecule has 0 atom stereocenters. The Morgan fingerprint density at radius 2 is 1.73 bits per heavy atom. The number of carboxylic acid groups (broad SMARTS) is 1. The maximum Gasteiger partial charge on any atom is 0.354 e. The molecule has 0 N–H and O–H groups in total. The fourth-order valence-electron chi connectivity index (χ4n) is 1.04. The van der Waals surface area contributed by atoms with Crippen molar-refractivity contribution < 1.29 is 19.7 Å². The van der Waals surface area contributed by atoms with Gasteiger partial charge in [0.05, 0.1) is 21.4 Å². The van der Waals surface area contributed by atoms with Crippen LogP contribution in [0.25, 0.3) is 0 Å². The lowest BCUT2D eigenvalue weighted by atomic mass is 10.1. The van der Waals surface area contributed by atoms with E-state index in [2.05, 4.69) is 0 Å². The number of nitro benzene ring substituents is 2. The molecule has 1 aromatic carbocycles. The largest absolute Gasteiger partial charge is 0.545 e. The van der Waals surface area contributed by atoms with Gasteiger partial charge >= 0.3 is 11.4 Å². The van der Waals surface area contributed by atoms with E-state index in [0.29, 0.717) is 0 Å². The Kier molecular flexibility index (Phi) is 2.61. The third-order valence-corrected chi connectivity index (χ3v) is 1.61. The van der Waals surface area contributed by atoms with Crippen molar-refractivity contribution in [2.24, 2.45) is 0 Å². The number of nitrogens with zero attached hydrogens (tertiary/aromatic N) is 2. The van der Waals surface area contributed by atoms with Crippen molar-refractivity contribution in [3.8, 4) is 0 Å². The van der Waals surface area contributed by atoms with Crippen molar-refractivity contribution in [2.75, 3.05) is 0 Å². The van der Waals surface area contributed by atoms with E-state index in [9.17, 15) is 30.1 Å². The van der Waals surface area contributed by atoms with Gasteiger partial charge < -0.3 is 9.90 Å². The van der Waals surface area contributed by atoms with Gasteiger partial charge in [-0.3, -0.25) is 20.2 Å². The summed E-state index contributed by atoms with van der Waals surface area (Å²) in [6.07, 6.45) is 0. The number of carbonyl (C=O) groups excluding carboxylic acids is 1. The van der Waals surface area contributed by atoms with Crippen LogP contribution in [-0.4, -0.2) is 15.8 Å². The van der Waals surface area contributed by atoms with Crippen molar-refractivity contribution in [2.45, 2.75) is 0 Å². The first kappa shape index (κ1) is 10.6.